The Bertz CT molecular complexity index is 208. The molecule has 0 aromatic heterocycles. The third-order valence-corrected chi connectivity index (χ3v) is 5.53. The van der Waals surface area contributed by atoms with Crippen molar-refractivity contribution in [2.24, 2.45) is 11.8 Å². The van der Waals surface area contributed by atoms with Crippen molar-refractivity contribution >= 4 is 0 Å². The molecule has 0 rings (SSSR count). The van der Waals surface area contributed by atoms with Gasteiger partial charge in [0.2, 0.25) is 0 Å². The third-order valence-electron chi connectivity index (χ3n) is 5.53. The van der Waals surface area contributed by atoms with Crippen molar-refractivity contribution in [3.8, 4) is 0 Å². The molecule has 0 heterocycles. The van der Waals surface area contributed by atoms with Crippen LogP contribution in [0.25, 0.3) is 0 Å². The van der Waals surface area contributed by atoms with Gasteiger partial charge < -0.3 is 0 Å². The van der Waals surface area contributed by atoms with Crippen LogP contribution in [0.4, 0.5) is 0 Å². The van der Waals surface area contributed by atoms with E-state index < -0.39 is 0 Å². The summed E-state index contributed by atoms with van der Waals surface area (Å²) >= 11 is 0. The molecule has 140 valence electrons. The average molecular weight is 325 g/mol. The van der Waals surface area contributed by atoms with E-state index in [0.29, 0.717) is 0 Å². The maximum absolute atomic E-state index is 2.36. The van der Waals surface area contributed by atoms with Gasteiger partial charge >= 0.3 is 0 Å². The molecule has 0 saturated heterocycles. The highest BCUT2D eigenvalue weighted by Crippen LogP contribution is 2.30. The van der Waals surface area contributed by atoms with Gasteiger partial charge in [-0.15, -0.1) is 0 Å². The van der Waals surface area contributed by atoms with Crippen molar-refractivity contribution < 1.29 is 0 Å². The van der Waals surface area contributed by atoms with Crippen LogP contribution in [0.15, 0.2) is 0 Å². The summed E-state index contributed by atoms with van der Waals surface area (Å²) in [7, 11) is 0. The second kappa shape index (κ2) is 18.3. The fraction of sp³-hybridized carbons (Fsp3) is 1.00. The number of hydrogen-bond donors (Lipinski definition) is 0. The maximum atomic E-state index is 2.36. The number of rotatable bonds is 18. The van der Waals surface area contributed by atoms with Crippen LogP contribution in [-0.4, -0.2) is 0 Å². The van der Waals surface area contributed by atoms with E-state index >= 15 is 0 Å². The lowest BCUT2D eigenvalue weighted by molar-refractivity contribution is 0.286. The van der Waals surface area contributed by atoms with Gasteiger partial charge in [-0.3, -0.25) is 0 Å². The van der Waals surface area contributed by atoms with Gasteiger partial charge in [0, 0.05) is 0 Å². The molecule has 0 spiro atoms. The van der Waals surface area contributed by atoms with Gasteiger partial charge in [0.15, 0.2) is 0 Å². The minimum atomic E-state index is 1.03. The minimum absolute atomic E-state index is 1.03. The predicted molar refractivity (Wildman–Crippen MR) is 108 cm³/mol. The van der Waals surface area contributed by atoms with Gasteiger partial charge in [-0.05, 0) is 18.3 Å². The molecule has 0 amide bonds. The topological polar surface area (TPSA) is 0 Å². The molecule has 0 N–H and O–H groups in total. The molecule has 0 heteroatoms. The molecule has 2 unspecified atom stereocenters. The fourth-order valence-corrected chi connectivity index (χ4v) is 3.94. The van der Waals surface area contributed by atoms with Crippen molar-refractivity contribution in [1.29, 1.82) is 0 Å². The molecule has 2 atom stereocenters. The van der Waals surface area contributed by atoms with Crippen molar-refractivity contribution in [1.82, 2.24) is 0 Å². The molecular formula is C23H48. The first-order chi connectivity index (χ1) is 11.3. The zero-order valence-electron chi connectivity index (χ0n) is 17.2. The molecule has 0 aromatic rings. The zero-order chi connectivity index (χ0) is 17.2. The van der Waals surface area contributed by atoms with Crippen LogP contribution >= 0.6 is 0 Å². The van der Waals surface area contributed by atoms with Gasteiger partial charge in [-0.25, -0.2) is 0 Å². The molecule has 23 heavy (non-hydrogen) atoms. The van der Waals surface area contributed by atoms with Crippen molar-refractivity contribution in [3.05, 3.63) is 0 Å². The van der Waals surface area contributed by atoms with Crippen LogP contribution in [0, 0.1) is 11.8 Å². The summed E-state index contributed by atoms with van der Waals surface area (Å²) in [6.45, 7) is 9.36. The summed E-state index contributed by atoms with van der Waals surface area (Å²) in [6.07, 6.45) is 24.8. The minimum Gasteiger partial charge on any atom is -0.0654 e. The summed E-state index contributed by atoms with van der Waals surface area (Å²) in [5, 5.41) is 0. The summed E-state index contributed by atoms with van der Waals surface area (Å²) < 4.78 is 0. The molecule has 0 radical (unpaired) electrons. The monoisotopic (exact) mass is 324 g/mol. The Morgan fingerprint density at radius 3 is 1.22 bits per heavy atom. The molecule has 0 aliphatic heterocycles. The van der Waals surface area contributed by atoms with Gasteiger partial charge in [0.05, 0.1) is 0 Å². The van der Waals surface area contributed by atoms with Crippen LogP contribution in [-0.2, 0) is 0 Å². The smallest absolute Gasteiger partial charge is 0.0412 e. The molecule has 0 aliphatic rings. The Balaban J connectivity index is 4.21. The van der Waals surface area contributed by atoms with Crippen LogP contribution in [0.1, 0.15) is 137 Å². The van der Waals surface area contributed by atoms with Crippen LogP contribution in [0.5, 0.6) is 0 Å². The Kier molecular flexibility index (Phi) is 18.3. The van der Waals surface area contributed by atoms with E-state index in [1.54, 1.807) is 0 Å². The van der Waals surface area contributed by atoms with Crippen LogP contribution in [0.2, 0.25) is 0 Å². The van der Waals surface area contributed by atoms with E-state index in [1.807, 2.05) is 0 Å². The third kappa shape index (κ3) is 15.3. The van der Waals surface area contributed by atoms with E-state index in [4.69, 9.17) is 0 Å². The number of unbranched alkanes of at least 4 members (excludes halogenated alkanes) is 8. The Labute approximate surface area is 149 Å². The molecule has 0 aliphatic carbocycles. The Hall–Kier alpha value is 0. The van der Waals surface area contributed by atoms with E-state index in [0.717, 1.165) is 11.8 Å². The van der Waals surface area contributed by atoms with E-state index in [-0.39, 0.29) is 0 Å². The Morgan fingerprint density at radius 1 is 0.391 bits per heavy atom. The highest BCUT2D eigenvalue weighted by atomic mass is 14.2. The summed E-state index contributed by atoms with van der Waals surface area (Å²) in [5.74, 6) is 2.05. The quantitative estimate of drug-likeness (QED) is 0.221. The first-order valence-corrected chi connectivity index (χ1v) is 11.3. The van der Waals surface area contributed by atoms with Gasteiger partial charge in [-0.1, -0.05) is 130 Å². The maximum Gasteiger partial charge on any atom is -0.0412 e. The number of hydrogen-bond acceptors (Lipinski definition) is 0. The normalized spacial score (nSPS) is 14.1. The molecular weight excluding hydrogens is 276 g/mol. The van der Waals surface area contributed by atoms with Crippen molar-refractivity contribution in [2.45, 2.75) is 137 Å². The van der Waals surface area contributed by atoms with Gasteiger partial charge in [0.25, 0.3) is 0 Å². The highest BCUT2D eigenvalue weighted by Gasteiger charge is 2.16. The Morgan fingerprint density at radius 2 is 0.739 bits per heavy atom. The lowest BCUT2D eigenvalue weighted by Crippen LogP contribution is -2.10. The van der Waals surface area contributed by atoms with Gasteiger partial charge in [-0.2, -0.15) is 0 Å². The second-order valence-corrected chi connectivity index (χ2v) is 7.95. The van der Waals surface area contributed by atoms with Crippen molar-refractivity contribution in [2.75, 3.05) is 0 Å². The summed E-state index contributed by atoms with van der Waals surface area (Å²) in [5.41, 5.74) is 0. The lowest BCUT2D eigenvalue weighted by Gasteiger charge is -2.24. The lowest BCUT2D eigenvalue weighted by atomic mass is 9.82. The molecule has 0 bridgehead atoms. The van der Waals surface area contributed by atoms with Crippen LogP contribution in [0.3, 0.4) is 0 Å². The van der Waals surface area contributed by atoms with E-state index in [9.17, 15) is 0 Å². The standard InChI is InChI=1S/C23H48/c1-5-9-13-14-16-20-23(18-12-8-4)21-22(17-11-7-3)19-15-10-6-2/h22-23H,5-21H2,1-4H3. The SMILES string of the molecule is CCCCCCCC(CCCC)CC(CCCC)CCCCC. The highest BCUT2D eigenvalue weighted by molar-refractivity contribution is 4.68. The first kappa shape index (κ1) is 23.0. The fourth-order valence-electron chi connectivity index (χ4n) is 3.94. The molecule has 0 nitrogen and oxygen atoms in total. The predicted octanol–water partition coefficient (Wildman–Crippen LogP) is 8.93. The van der Waals surface area contributed by atoms with Gasteiger partial charge in [0.1, 0.15) is 0 Å². The zero-order valence-corrected chi connectivity index (χ0v) is 17.2. The first-order valence-electron chi connectivity index (χ1n) is 11.3. The molecule has 0 aromatic carbocycles. The summed E-state index contributed by atoms with van der Waals surface area (Å²) in [4.78, 5) is 0. The molecule has 0 fully saturated rings. The van der Waals surface area contributed by atoms with E-state index in [1.165, 1.54) is 109 Å². The van der Waals surface area contributed by atoms with Crippen LogP contribution < -0.4 is 0 Å². The second-order valence-electron chi connectivity index (χ2n) is 7.95. The van der Waals surface area contributed by atoms with E-state index in [2.05, 4.69) is 27.7 Å². The largest absolute Gasteiger partial charge is 0.0654 e. The average Bonchev–Trinajstić information content (AvgIpc) is 2.56. The summed E-state index contributed by atoms with van der Waals surface area (Å²) in [6, 6.07) is 0. The van der Waals surface area contributed by atoms with Crippen molar-refractivity contribution in [3.63, 3.8) is 0 Å². The molecule has 0 saturated carbocycles.